The zero-order valence-electron chi connectivity index (χ0n) is 9.71. The number of nitrogens with zero attached hydrogens (tertiary/aromatic N) is 2. The second kappa shape index (κ2) is 5.45. The first-order valence-corrected chi connectivity index (χ1v) is 5.52. The first kappa shape index (κ1) is 13.6. The fraction of sp³-hybridized carbons (Fsp3) is 0.500. The molecule has 4 atom stereocenters. The fourth-order valence-corrected chi connectivity index (χ4v) is 1.83. The number of aliphatic hydroxyl groups is 3. The van der Waals surface area contributed by atoms with E-state index in [1.54, 1.807) is 0 Å². The van der Waals surface area contributed by atoms with Crippen molar-refractivity contribution in [2.45, 2.75) is 24.5 Å². The third-order valence-electron chi connectivity index (χ3n) is 2.84. The Kier molecular flexibility index (Phi) is 3.90. The highest BCUT2D eigenvalue weighted by molar-refractivity contribution is 5.60. The molecule has 1 fully saturated rings. The molecular weight excluding hydrogens is 258 g/mol. The summed E-state index contributed by atoms with van der Waals surface area (Å²) in [5.41, 5.74) is -0.171. The van der Waals surface area contributed by atoms with Gasteiger partial charge in [0.05, 0.1) is 11.5 Å². The van der Waals surface area contributed by atoms with Crippen LogP contribution in [0.15, 0.2) is 18.5 Å². The van der Waals surface area contributed by atoms with Gasteiger partial charge in [-0.2, -0.15) is 0 Å². The van der Waals surface area contributed by atoms with Crippen molar-refractivity contribution in [2.24, 2.45) is 0 Å². The Morgan fingerprint density at radius 1 is 1.47 bits per heavy atom. The summed E-state index contributed by atoms with van der Waals surface area (Å²) < 4.78 is 5.17. The maximum absolute atomic E-state index is 10.8. The van der Waals surface area contributed by atoms with Gasteiger partial charge in [-0.3, -0.25) is 15.1 Å². The van der Waals surface area contributed by atoms with Gasteiger partial charge < -0.3 is 25.4 Å². The third kappa shape index (κ3) is 2.63. The third-order valence-corrected chi connectivity index (χ3v) is 2.84. The van der Waals surface area contributed by atoms with E-state index < -0.39 is 36.1 Å². The lowest BCUT2D eigenvalue weighted by atomic mass is 10.1. The molecule has 0 radical (unpaired) electrons. The Bertz CT molecular complexity index is 470. The first-order valence-electron chi connectivity index (χ1n) is 5.52. The van der Waals surface area contributed by atoms with Crippen LogP contribution in [0.3, 0.4) is 0 Å². The van der Waals surface area contributed by atoms with Crippen LogP contribution >= 0.6 is 0 Å². The molecule has 0 amide bonds. The lowest BCUT2D eigenvalue weighted by Crippen LogP contribution is -2.36. The van der Waals surface area contributed by atoms with Crippen LogP contribution in [-0.4, -0.2) is 56.4 Å². The van der Waals surface area contributed by atoms with Crippen LogP contribution in [0.2, 0.25) is 0 Å². The van der Waals surface area contributed by atoms with E-state index in [2.05, 4.69) is 10.3 Å². The molecule has 0 aliphatic carbocycles. The van der Waals surface area contributed by atoms with Crippen LogP contribution in [0.1, 0.15) is 0 Å². The van der Waals surface area contributed by atoms with Gasteiger partial charge in [-0.05, 0) is 6.07 Å². The number of nitrogens with one attached hydrogen (secondary N) is 1. The average Bonchev–Trinajstić information content (AvgIpc) is 2.67. The lowest BCUT2D eigenvalue weighted by molar-refractivity contribution is -0.384. The molecule has 9 nitrogen and oxygen atoms in total. The number of anilines is 1. The number of aromatic nitrogens is 1. The second-order valence-electron chi connectivity index (χ2n) is 4.05. The zero-order valence-corrected chi connectivity index (χ0v) is 9.71. The summed E-state index contributed by atoms with van der Waals surface area (Å²) in [4.78, 5) is 13.8. The number of rotatable bonds is 4. The molecule has 1 aromatic heterocycles. The molecule has 0 aromatic carbocycles. The topological polar surface area (TPSA) is 138 Å². The molecule has 1 aliphatic heterocycles. The van der Waals surface area contributed by atoms with Gasteiger partial charge >= 0.3 is 5.69 Å². The van der Waals surface area contributed by atoms with Gasteiger partial charge in [0.1, 0.15) is 30.2 Å². The first-order chi connectivity index (χ1) is 9.04. The highest BCUT2D eigenvalue weighted by atomic mass is 16.6. The van der Waals surface area contributed by atoms with Crippen LogP contribution < -0.4 is 5.32 Å². The molecule has 0 saturated carbocycles. The SMILES string of the molecule is O=[N+]([O-])c1cnccc1NC1O[C@H](CO)[C@@H](O)[C@H]1O. The summed E-state index contributed by atoms with van der Waals surface area (Å²) in [6.07, 6.45) is -2.14. The van der Waals surface area contributed by atoms with E-state index in [0.717, 1.165) is 6.20 Å². The summed E-state index contributed by atoms with van der Waals surface area (Å²) in [5, 5.41) is 41.6. The summed E-state index contributed by atoms with van der Waals surface area (Å²) in [6, 6.07) is 1.35. The van der Waals surface area contributed by atoms with E-state index in [1.165, 1.54) is 12.3 Å². The van der Waals surface area contributed by atoms with E-state index in [9.17, 15) is 20.3 Å². The van der Waals surface area contributed by atoms with Gasteiger partial charge in [0, 0.05) is 6.20 Å². The van der Waals surface area contributed by atoms with E-state index in [1.807, 2.05) is 0 Å². The van der Waals surface area contributed by atoms with Crippen molar-refractivity contribution in [2.75, 3.05) is 11.9 Å². The van der Waals surface area contributed by atoms with E-state index in [4.69, 9.17) is 9.84 Å². The van der Waals surface area contributed by atoms with Gasteiger partial charge in [-0.15, -0.1) is 0 Å². The van der Waals surface area contributed by atoms with Crippen LogP contribution in [0, 0.1) is 10.1 Å². The van der Waals surface area contributed by atoms with Crippen LogP contribution in [-0.2, 0) is 4.74 Å². The Morgan fingerprint density at radius 3 is 2.79 bits per heavy atom. The van der Waals surface area contributed by atoms with Gasteiger partial charge in [0.15, 0.2) is 6.23 Å². The minimum Gasteiger partial charge on any atom is -0.394 e. The van der Waals surface area contributed by atoms with Crippen molar-refractivity contribution in [1.29, 1.82) is 0 Å². The Labute approximate surface area is 107 Å². The summed E-state index contributed by atoms with van der Waals surface area (Å²) in [5.74, 6) is 0. The molecule has 4 N–H and O–H groups in total. The highest BCUT2D eigenvalue weighted by Gasteiger charge is 2.42. The molecular formula is C10H13N3O6. The van der Waals surface area contributed by atoms with Crippen molar-refractivity contribution in [3.63, 3.8) is 0 Å². The normalized spacial score (nSPS) is 30.3. The molecule has 19 heavy (non-hydrogen) atoms. The van der Waals surface area contributed by atoms with E-state index >= 15 is 0 Å². The lowest BCUT2D eigenvalue weighted by Gasteiger charge is -2.17. The summed E-state index contributed by atoms with van der Waals surface area (Å²) in [7, 11) is 0. The Hall–Kier alpha value is -1.81. The highest BCUT2D eigenvalue weighted by Crippen LogP contribution is 2.27. The van der Waals surface area contributed by atoms with Gasteiger partial charge in [-0.25, -0.2) is 0 Å². The second-order valence-corrected chi connectivity index (χ2v) is 4.05. The molecule has 1 aliphatic rings. The molecule has 104 valence electrons. The maximum atomic E-state index is 10.8. The minimum atomic E-state index is -1.30. The van der Waals surface area contributed by atoms with Crippen LogP contribution in [0.25, 0.3) is 0 Å². The van der Waals surface area contributed by atoms with Crippen molar-refractivity contribution in [1.82, 2.24) is 4.98 Å². The molecule has 1 aromatic rings. The largest absolute Gasteiger partial charge is 0.394 e. The molecule has 1 saturated heterocycles. The Morgan fingerprint density at radius 2 is 2.21 bits per heavy atom. The average molecular weight is 271 g/mol. The number of aliphatic hydroxyl groups excluding tert-OH is 3. The van der Waals surface area contributed by atoms with Crippen molar-refractivity contribution in [3.05, 3.63) is 28.6 Å². The van der Waals surface area contributed by atoms with Crippen molar-refractivity contribution >= 4 is 11.4 Å². The maximum Gasteiger partial charge on any atom is 0.310 e. The predicted molar refractivity (Wildman–Crippen MR) is 62.3 cm³/mol. The number of hydrogen-bond acceptors (Lipinski definition) is 8. The Balaban J connectivity index is 2.16. The predicted octanol–water partition coefficient (Wildman–Crippen LogP) is -1.16. The monoisotopic (exact) mass is 271 g/mol. The van der Waals surface area contributed by atoms with Crippen LogP contribution in [0.4, 0.5) is 11.4 Å². The smallest absolute Gasteiger partial charge is 0.310 e. The standard InChI is InChI=1S/C10H13N3O6/c14-4-7-8(15)9(16)10(19-7)12-5-1-2-11-3-6(5)13(17)18/h1-3,7-10,14-16H,4H2,(H,11,12)/t7-,8-,9-,10?/m1/s1. The molecule has 1 unspecified atom stereocenters. The molecule has 0 spiro atoms. The summed E-state index contributed by atoms with van der Waals surface area (Å²) >= 11 is 0. The number of hydrogen-bond donors (Lipinski definition) is 4. The zero-order chi connectivity index (χ0) is 14.0. The fourth-order valence-electron chi connectivity index (χ4n) is 1.83. The van der Waals surface area contributed by atoms with E-state index in [-0.39, 0.29) is 11.4 Å². The molecule has 9 heteroatoms. The quantitative estimate of drug-likeness (QED) is 0.397. The number of pyridine rings is 1. The molecule has 2 heterocycles. The number of nitro groups is 1. The van der Waals surface area contributed by atoms with Gasteiger partial charge in [0.2, 0.25) is 0 Å². The van der Waals surface area contributed by atoms with Gasteiger partial charge in [0.25, 0.3) is 0 Å². The van der Waals surface area contributed by atoms with E-state index in [0.29, 0.717) is 0 Å². The minimum absolute atomic E-state index is 0.106. The summed E-state index contributed by atoms with van der Waals surface area (Å²) in [6.45, 7) is -0.463. The number of ether oxygens (including phenoxy) is 1. The van der Waals surface area contributed by atoms with Crippen LogP contribution in [0.5, 0.6) is 0 Å². The van der Waals surface area contributed by atoms with Crippen molar-refractivity contribution < 1.29 is 25.0 Å². The molecule has 0 bridgehead atoms. The van der Waals surface area contributed by atoms with Crippen molar-refractivity contribution in [3.8, 4) is 0 Å². The van der Waals surface area contributed by atoms with Gasteiger partial charge in [-0.1, -0.05) is 0 Å². The molecule has 2 rings (SSSR count).